The number of hydrogen-bond acceptors (Lipinski definition) is 6. The number of ether oxygens (including phenoxy) is 1. The van der Waals surface area contributed by atoms with Crippen molar-refractivity contribution in [2.75, 3.05) is 23.9 Å². The summed E-state index contributed by atoms with van der Waals surface area (Å²) >= 11 is 0. The van der Waals surface area contributed by atoms with E-state index in [2.05, 4.69) is 15.6 Å². The summed E-state index contributed by atoms with van der Waals surface area (Å²) in [4.78, 5) is 16.4. The minimum absolute atomic E-state index is 0.00840. The maximum atomic E-state index is 12.2. The van der Waals surface area contributed by atoms with Crippen LogP contribution in [-0.2, 0) is 9.84 Å². The van der Waals surface area contributed by atoms with Crippen LogP contribution in [0.4, 0.5) is 11.4 Å². The van der Waals surface area contributed by atoms with Crippen LogP contribution < -0.4 is 15.4 Å². The standard InChI is InChI=1S/C18H21N3O4S/c1-12-3-6-17(25-2)16(9-12)20-13-4-5-15(19-10-13)18(22)21-14-7-8-26(23,24)11-14/h3-6,9-10,14,20H,7-8,11H2,1-2H3,(H,21,22). The lowest BCUT2D eigenvalue weighted by atomic mass is 10.2. The summed E-state index contributed by atoms with van der Waals surface area (Å²) in [6.07, 6.45) is 2.00. The number of pyridine rings is 1. The van der Waals surface area contributed by atoms with Gasteiger partial charge in [0, 0.05) is 6.04 Å². The number of methoxy groups -OCH3 is 1. The molecule has 1 aromatic heterocycles. The molecule has 1 aromatic carbocycles. The van der Waals surface area contributed by atoms with Gasteiger partial charge in [-0.25, -0.2) is 13.4 Å². The van der Waals surface area contributed by atoms with Gasteiger partial charge in [0.1, 0.15) is 11.4 Å². The average molecular weight is 375 g/mol. The fourth-order valence-electron chi connectivity index (χ4n) is 2.85. The fraction of sp³-hybridized carbons (Fsp3) is 0.333. The molecule has 2 N–H and O–H groups in total. The first kappa shape index (κ1) is 18.2. The van der Waals surface area contributed by atoms with E-state index < -0.39 is 9.84 Å². The first-order chi connectivity index (χ1) is 12.4. The van der Waals surface area contributed by atoms with Gasteiger partial charge in [0.05, 0.1) is 36.2 Å². The summed E-state index contributed by atoms with van der Waals surface area (Å²) in [6.45, 7) is 1.99. The second-order valence-electron chi connectivity index (χ2n) is 6.33. The third kappa shape index (κ3) is 4.32. The SMILES string of the molecule is COc1ccc(C)cc1Nc1ccc(C(=O)NC2CCS(=O)(=O)C2)nc1. The Morgan fingerprint density at radius 2 is 2.08 bits per heavy atom. The van der Waals surface area contributed by atoms with Crippen molar-refractivity contribution in [1.29, 1.82) is 0 Å². The first-order valence-electron chi connectivity index (χ1n) is 8.25. The van der Waals surface area contributed by atoms with Crippen molar-refractivity contribution in [3.05, 3.63) is 47.8 Å². The maximum absolute atomic E-state index is 12.2. The highest BCUT2D eigenvalue weighted by molar-refractivity contribution is 7.91. The van der Waals surface area contributed by atoms with Crippen molar-refractivity contribution < 1.29 is 17.9 Å². The van der Waals surface area contributed by atoms with Crippen molar-refractivity contribution >= 4 is 27.1 Å². The molecule has 1 saturated heterocycles. The molecule has 1 fully saturated rings. The van der Waals surface area contributed by atoms with Gasteiger partial charge in [-0.2, -0.15) is 0 Å². The maximum Gasteiger partial charge on any atom is 0.270 e. The highest BCUT2D eigenvalue weighted by Crippen LogP contribution is 2.28. The molecular weight excluding hydrogens is 354 g/mol. The quantitative estimate of drug-likeness (QED) is 0.830. The van der Waals surface area contributed by atoms with E-state index in [0.29, 0.717) is 17.9 Å². The lowest BCUT2D eigenvalue weighted by Gasteiger charge is -2.13. The topological polar surface area (TPSA) is 97.4 Å². The molecule has 2 heterocycles. The van der Waals surface area contributed by atoms with Crippen LogP contribution in [0.1, 0.15) is 22.5 Å². The Kier molecular flexibility index (Phi) is 5.13. The Labute approximate surface area is 152 Å². The number of nitrogens with one attached hydrogen (secondary N) is 2. The molecule has 0 radical (unpaired) electrons. The third-order valence-corrected chi connectivity index (χ3v) is 5.97. The highest BCUT2D eigenvalue weighted by atomic mass is 32.2. The van der Waals surface area contributed by atoms with E-state index in [4.69, 9.17) is 4.74 Å². The van der Waals surface area contributed by atoms with Crippen molar-refractivity contribution in [2.45, 2.75) is 19.4 Å². The molecule has 0 aliphatic carbocycles. The molecule has 2 aromatic rings. The van der Waals surface area contributed by atoms with Crippen LogP contribution in [0.15, 0.2) is 36.5 Å². The molecule has 1 unspecified atom stereocenters. The second kappa shape index (κ2) is 7.33. The van der Waals surface area contributed by atoms with Gasteiger partial charge in [0.2, 0.25) is 0 Å². The molecule has 0 saturated carbocycles. The van der Waals surface area contributed by atoms with Crippen molar-refractivity contribution in [3.8, 4) is 5.75 Å². The summed E-state index contributed by atoms with van der Waals surface area (Å²) < 4.78 is 28.3. The molecule has 1 atom stereocenters. The number of carbonyl (C=O) groups is 1. The monoisotopic (exact) mass is 375 g/mol. The van der Waals surface area contributed by atoms with E-state index in [1.807, 2.05) is 25.1 Å². The molecule has 1 aliphatic heterocycles. The van der Waals surface area contributed by atoms with Gasteiger partial charge in [0.25, 0.3) is 5.91 Å². The molecule has 1 amide bonds. The van der Waals surface area contributed by atoms with Crippen molar-refractivity contribution in [2.24, 2.45) is 0 Å². The van der Waals surface area contributed by atoms with Crippen LogP contribution in [0, 0.1) is 6.92 Å². The average Bonchev–Trinajstić information content (AvgIpc) is 2.94. The minimum atomic E-state index is -3.03. The van der Waals surface area contributed by atoms with E-state index >= 15 is 0 Å². The van der Waals surface area contributed by atoms with Gasteiger partial charge in [-0.1, -0.05) is 6.07 Å². The number of benzene rings is 1. The van der Waals surface area contributed by atoms with Crippen LogP contribution in [0.5, 0.6) is 5.75 Å². The number of sulfone groups is 1. The zero-order valence-corrected chi connectivity index (χ0v) is 15.5. The largest absolute Gasteiger partial charge is 0.495 e. The van der Waals surface area contributed by atoms with E-state index in [-0.39, 0.29) is 29.1 Å². The number of aryl methyl sites for hydroxylation is 1. The molecule has 1 aliphatic rings. The number of nitrogens with zero attached hydrogens (tertiary/aromatic N) is 1. The summed E-state index contributed by atoms with van der Waals surface area (Å²) in [7, 11) is -1.43. The Morgan fingerprint density at radius 1 is 1.27 bits per heavy atom. The van der Waals surface area contributed by atoms with Crippen LogP contribution in [0.3, 0.4) is 0 Å². The number of amides is 1. The van der Waals surface area contributed by atoms with E-state index in [1.165, 1.54) is 0 Å². The molecule has 7 nitrogen and oxygen atoms in total. The lowest BCUT2D eigenvalue weighted by molar-refractivity contribution is 0.0936. The van der Waals surface area contributed by atoms with Crippen LogP contribution in [0.25, 0.3) is 0 Å². The zero-order valence-electron chi connectivity index (χ0n) is 14.7. The summed E-state index contributed by atoms with van der Waals surface area (Å²) in [5.74, 6) is 0.449. The smallest absolute Gasteiger partial charge is 0.270 e. The number of carbonyl (C=O) groups excluding carboxylic acids is 1. The van der Waals surface area contributed by atoms with Gasteiger partial charge in [-0.15, -0.1) is 0 Å². The highest BCUT2D eigenvalue weighted by Gasteiger charge is 2.29. The number of rotatable bonds is 5. The van der Waals surface area contributed by atoms with Crippen LogP contribution >= 0.6 is 0 Å². The molecule has 26 heavy (non-hydrogen) atoms. The second-order valence-corrected chi connectivity index (χ2v) is 8.56. The number of aromatic nitrogens is 1. The Bertz CT molecular complexity index is 911. The van der Waals surface area contributed by atoms with E-state index in [9.17, 15) is 13.2 Å². The predicted octanol–water partition coefficient (Wildman–Crippen LogP) is 2.06. The normalized spacial score (nSPS) is 18.3. The van der Waals surface area contributed by atoms with Crippen molar-refractivity contribution in [3.63, 3.8) is 0 Å². The van der Waals surface area contributed by atoms with E-state index in [0.717, 1.165) is 11.3 Å². The summed E-state index contributed by atoms with van der Waals surface area (Å²) in [6, 6.07) is 8.79. The Hall–Kier alpha value is -2.61. The van der Waals surface area contributed by atoms with Gasteiger partial charge < -0.3 is 15.4 Å². The molecular formula is C18H21N3O4S. The van der Waals surface area contributed by atoms with Gasteiger partial charge >= 0.3 is 0 Å². The van der Waals surface area contributed by atoms with Gasteiger partial charge in [-0.05, 0) is 43.2 Å². The van der Waals surface area contributed by atoms with Gasteiger partial charge in [-0.3, -0.25) is 4.79 Å². The van der Waals surface area contributed by atoms with Crippen molar-refractivity contribution in [1.82, 2.24) is 10.3 Å². The predicted molar refractivity (Wildman–Crippen MR) is 99.8 cm³/mol. The Balaban J connectivity index is 1.67. The zero-order chi connectivity index (χ0) is 18.7. The first-order valence-corrected chi connectivity index (χ1v) is 10.1. The number of anilines is 2. The van der Waals surface area contributed by atoms with E-state index in [1.54, 1.807) is 25.4 Å². The van der Waals surface area contributed by atoms with Crippen LogP contribution in [0.2, 0.25) is 0 Å². The van der Waals surface area contributed by atoms with Gasteiger partial charge in [0.15, 0.2) is 9.84 Å². The Morgan fingerprint density at radius 3 is 2.69 bits per heavy atom. The summed E-state index contributed by atoms with van der Waals surface area (Å²) in [5.41, 5.74) is 2.86. The summed E-state index contributed by atoms with van der Waals surface area (Å²) in [5, 5.41) is 5.94. The minimum Gasteiger partial charge on any atom is -0.495 e. The molecule has 138 valence electrons. The number of hydrogen-bond donors (Lipinski definition) is 2. The molecule has 0 bridgehead atoms. The van der Waals surface area contributed by atoms with Crippen LogP contribution in [-0.4, -0.2) is 44.0 Å². The third-order valence-electron chi connectivity index (χ3n) is 4.20. The molecule has 8 heteroatoms. The molecule has 3 rings (SSSR count). The fourth-order valence-corrected chi connectivity index (χ4v) is 4.52. The lowest BCUT2D eigenvalue weighted by Crippen LogP contribution is -2.36. The molecule has 0 spiro atoms.